The highest BCUT2D eigenvalue weighted by molar-refractivity contribution is 6.01. The van der Waals surface area contributed by atoms with Crippen LogP contribution in [0.1, 0.15) is 25.0 Å². The number of methoxy groups -OCH3 is 1. The molecule has 1 saturated heterocycles. The zero-order chi connectivity index (χ0) is 24.8. The summed E-state index contributed by atoms with van der Waals surface area (Å²) in [6, 6.07) is 10.0. The molecule has 1 aliphatic heterocycles. The van der Waals surface area contributed by atoms with Gasteiger partial charge in [0.15, 0.2) is 0 Å². The quantitative estimate of drug-likeness (QED) is 0.451. The fraction of sp³-hybridized carbons (Fsp3) is 0.393. The lowest BCUT2D eigenvalue weighted by atomic mass is 9.96. The van der Waals surface area contributed by atoms with Gasteiger partial charge < -0.3 is 23.9 Å². The average Bonchev–Trinajstić information content (AvgIpc) is 3.29. The number of hydrogen-bond donors (Lipinski definition) is 1. The van der Waals surface area contributed by atoms with Crippen LogP contribution < -0.4 is 14.8 Å². The maximum absolute atomic E-state index is 12.6. The van der Waals surface area contributed by atoms with Crippen LogP contribution in [0.2, 0.25) is 0 Å². The minimum absolute atomic E-state index is 0.116. The molecule has 7 nitrogen and oxygen atoms in total. The molecule has 7 heteroatoms. The SMILES string of the molecule is CCOc1ccc(-c2coc3c(C)c(OC)c(/C(C)=C/C(=O)NCCN4CCOCC4)cc23)cc1. The number of allylic oxidation sites excluding steroid dienone is 1. The molecule has 35 heavy (non-hydrogen) atoms. The van der Waals surface area contributed by atoms with Crippen LogP contribution in [-0.2, 0) is 9.53 Å². The number of ether oxygens (including phenoxy) is 3. The third-order valence-electron chi connectivity index (χ3n) is 6.33. The Morgan fingerprint density at radius 3 is 2.63 bits per heavy atom. The van der Waals surface area contributed by atoms with E-state index in [0.29, 0.717) is 18.9 Å². The van der Waals surface area contributed by atoms with Crippen molar-refractivity contribution in [2.24, 2.45) is 0 Å². The normalized spacial score (nSPS) is 14.8. The average molecular weight is 479 g/mol. The fourth-order valence-corrected chi connectivity index (χ4v) is 4.48. The van der Waals surface area contributed by atoms with Crippen molar-refractivity contribution in [3.05, 3.63) is 53.8 Å². The van der Waals surface area contributed by atoms with Crippen LogP contribution >= 0.6 is 0 Å². The maximum atomic E-state index is 12.6. The molecular weight excluding hydrogens is 444 g/mol. The molecule has 1 N–H and O–H groups in total. The molecule has 0 saturated carbocycles. The summed E-state index contributed by atoms with van der Waals surface area (Å²) >= 11 is 0. The zero-order valence-corrected chi connectivity index (χ0v) is 21.0. The third kappa shape index (κ3) is 5.69. The molecule has 1 fully saturated rings. The van der Waals surface area contributed by atoms with Crippen molar-refractivity contribution in [1.82, 2.24) is 10.2 Å². The van der Waals surface area contributed by atoms with E-state index in [2.05, 4.69) is 10.2 Å². The summed E-state index contributed by atoms with van der Waals surface area (Å²) in [5, 5.41) is 3.97. The molecule has 0 bridgehead atoms. The van der Waals surface area contributed by atoms with Crippen LogP contribution in [0.4, 0.5) is 0 Å². The number of furan rings is 1. The first-order valence-corrected chi connectivity index (χ1v) is 12.1. The Morgan fingerprint density at radius 2 is 1.94 bits per heavy atom. The molecule has 1 aliphatic rings. The van der Waals surface area contributed by atoms with Gasteiger partial charge in [0.2, 0.25) is 5.91 Å². The van der Waals surface area contributed by atoms with Crippen LogP contribution in [0.25, 0.3) is 27.7 Å². The van der Waals surface area contributed by atoms with E-state index in [0.717, 1.165) is 77.4 Å². The number of carbonyl (C=O) groups excluding carboxylic acids is 1. The lowest BCUT2D eigenvalue weighted by molar-refractivity contribution is -0.116. The second-order valence-electron chi connectivity index (χ2n) is 8.64. The molecule has 186 valence electrons. The Kier molecular flexibility index (Phi) is 8.10. The van der Waals surface area contributed by atoms with E-state index in [1.165, 1.54) is 0 Å². The van der Waals surface area contributed by atoms with Crippen molar-refractivity contribution in [1.29, 1.82) is 0 Å². The molecule has 3 aromatic rings. The second kappa shape index (κ2) is 11.4. The highest BCUT2D eigenvalue weighted by Gasteiger charge is 2.19. The van der Waals surface area contributed by atoms with E-state index in [4.69, 9.17) is 18.6 Å². The number of rotatable bonds is 9. The lowest BCUT2D eigenvalue weighted by Gasteiger charge is -2.26. The van der Waals surface area contributed by atoms with Crippen LogP contribution in [0.15, 0.2) is 47.1 Å². The zero-order valence-electron chi connectivity index (χ0n) is 21.0. The van der Waals surface area contributed by atoms with Gasteiger partial charge in [-0.3, -0.25) is 9.69 Å². The number of nitrogens with zero attached hydrogens (tertiary/aromatic N) is 1. The molecule has 2 aromatic carbocycles. The molecule has 4 rings (SSSR count). The topological polar surface area (TPSA) is 73.2 Å². The van der Waals surface area contributed by atoms with Gasteiger partial charge in [-0.2, -0.15) is 0 Å². The van der Waals surface area contributed by atoms with E-state index in [9.17, 15) is 4.79 Å². The van der Waals surface area contributed by atoms with Gasteiger partial charge in [-0.05, 0) is 50.1 Å². The summed E-state index contributed by atoms with van der Waals surface area (Å²) in [6.45, 7) is 11.2. The largest absolute Gasteiger partial charge is 0.496 e. The standard InChI is InChI=1S/C28H34N2O5/c1-5-34-22-8-6-21(7-9-22)25-18-35-28-20(3)27(32-4)23(17-24(25)28)19(2)16-26(31)29-10-11-30-12-14-33-15-13-30/h6-9,16-18H,5,10-15H2,1-4H3,(H,29,31)/b19-16+. The number of fused-ring (bicyclic) bond motifs is 1. The fourth-order valence-electron chi connectivity index (χ4n) is 4.48. The number of aryl methyl sites for hydroxylation is 1. The Labute approximate surface area is 206 Å². The first kappa shape index (κ1) is 24.8. The molecule has 2 heterocycles. The van der Waals surface area contributed by atoms with Gasteiger partial charge in [0, 0.05) is 54.3 Å². The van der Waals surface area contributed by atoms with Crippen LogP contribution in [-0.4, -0.2) is 63.9 Å². The van der Waals surface area contributed by atoms with Crippen molar-refractivity contribution in [3.8, 4) is 22.6 Å². The lowest BCUT2D eigenvalue weighted by Crippen LogP contribution is -2.41. The summed E-state index contributed by atoms with van der Waals surface area (Å²) in [5.41, 5.74) is 5.39. The van der Waals surface area contributed by atoms with Crippen molar-refractivity contribution in [3.63, 3.8) is 0 Å². The minimum atomic E-state index is -0.116. The molecule has 0 radical (unpaired) electrons. The molecular formula is C28H34N2O5. The van der Waals surface area contributed by atoms with Gasteiger partial charge in [-0.25, -0.2) is 0 Å². The van der Waals surface area contributed by atoms with E-state index >= 15 is 0 Å². The predicted molar refractivity (Wildman–Crippen MR) is 138 cm³/mol. The molecule has 0 spiro atoms. The number of amides is 1. The summed E-state index contributed by atoms with van der Waals surface area (Å²) in [4.78, 5) is 14.9. The van der Waals surface area contributed by atoms with Gasteiger partial charge >= 0.3 is 0 Å². The van der Waals surface area contributed by atoms with Gasteiger partial charge in [0.1, 0.15) is 17.1 Å². The summed E-state index contributed by atoms with van der Waals surface area (Å²) in [5.74, 6) is 1.43. The summed E-state index contributed by atoms with van der Waals surface area (Å²) in [6.07, 6.45) is 3.41. The maximum Gasteiger partial charge on any atom is 0.244 e. The van der Waals surface area contributed by atoms with Crippen LogP contribution in [0.5, 0.6) is 11.5 Å². The molecule has 1 amide bonds. The highest BCUT2D eigenvalue weighted by atomic mass is 16.5. The third-order valence-corrected chi connectivity index (χ3v) is 6.33. The Morgan fingerprint density at radius 1 is 1.20 bits per heavy atom. The predicted octanol–water partition coefficient (Wildman–Crippen LogP) is 4.67. The van der Waals surface area contributed by atoms with Crippen molar-refractivity contribution >= 4 is 22.4 Å². The first-order valence-electron chi connectivity index (χ1n) is 12.1. The molecule has 0 aliphatic carbocycles. The Balaban J connectivity index is 1.58. The Bertz CT molecular complexity index is 1190. The summed E-state index contributed by atoms with van der Waals surface area (Å²) in [7, 11) is 1.64. The molecule has 0 atom stereocenters. The van der Waals surface area contributed by atoms with Gasteiger partial charge in [0.25, 0.3) is 0 Å². The van der Waals surface area contributed by atoms with Gasteiger partial charge in [0.05, 0.1) is 33.2 Å². The highest BCUT2D eigenvalue weighted by Crippen LogP contribution is 2.40. The minimum Gasteiger partial charge on any atom is -0.496 e. The second-order valence-corrected chi connectivity index (χ2v) is 8.64. The van der Waals surface area contributed by atoms with Crippen molar-refractivity contribution in [2.75, 3.05) is 53.1 Å². The van der Waals surface area contributed by atoms with Crippen LogP contribution in [0, 0.1) is 6.92 Å². The number of hydrogen-bond acceptors (Lipinski definition) is 6. The number of carbonyl (C=O) groups is 1. The van der Waals surface area contributed by atoms with Crippen LogP contribution in [0.3, 0.4) is 0 Å². The molecule has 1 aromatic heterocycles. The van der Waals surface area contributed by atoms with E-state index < -0.39 is 0 Å². The van der Waals surface area contributed by atoms with E-state index in [1.54, 1.807) is 19.4 Å². The first-order chi connectivity index (χ1) is 17.0. The van der Waals surface area contributed by atoms with E-state index in [-0.39, 0.29) is 5.91 Å². The summed E-state index contributed by atoms with van der Waals surface area (Å²) < 4.78 is 22.6. The Hall–Kier alpha value is -3.29. The van der Waals surface area contributed by atoms with Crippen molar-refractivity contribution < 1.29 is 23.4 Å². The van der Waals surface area contributed by atoms with Crippen molar-refractivity contribution in [2.45, 2.75) is 20.8 Å². The number of morpholine rings is 1. The number of benzene rings is 2. The molecule has 0 unspecified atom stereocenters. The van der Waals surface area contributed by atoms with Gasteiger partial charge in [-0.15, -0.1) is 0 Å². The van der Waals surface area contributed by atoms with E-state index in [1.807, 2.05) is 51.1 Å². The van der Waals surface area contributed by atoms with Gasteiger partial charge in [-0.1, -0.05) is 12.1 Å². The number of nitrogens with one attached hydrogen (secondary N) is 1. The smallest absolute Gasteiger partial charge is 0.244 e. The monoisotopic (exact) mass is 478 g/mol.